The molecular weight excluding hydrogens is 389 g/mol. The minimum absolute atomic E-state index is 3.34. The number of aliphatic hydroxyl groups excluding tert-OH is 1. The van der Waals surface area contributed by atoms with Crippen molar-refractivity contribution in [3.8, 4) is 0 Å². The number of hydrogen-bond acceptors (Lipinski definition) is 4. The summed E-state index contributed by atoms with van der Waals surface area (Å²) in [5.74, 6) is -29.4. The highest BCUT2D eigenvalue weighted by atomic mass is 32.2. The second-order valence-electron chi connectivity index (χ2n) is 4.08. The van der Waals surface area contributed by atoms with Crippen molar-refractivity contribution in [2.45, 2.75) is 41.7 Å². The van der Waals surface area contributed by atoms with Crippen LogP contribution in [0.5, 0.6) is 0 Å². The summed E-state index contributed by atoms with van der Waals surface area (Å²) in [6.45, 7) is 0. The van der Waals surface area contributed by atoms with Gasteiger partial charge in [-0.25, -0.2) is 8.42 Å². The van der Waals surface area contributed by atoms with Crippen LogP contribution in [0, 0.1) is 0 Å². The summed E-state index contributed by atoms with van der Waals surface area (Å²) in [7, 11) is -6.17. The van der Waals surface area contributed by atoms with Gasteiger partial charge in [0.05, 0.1) is 6.42 Å². The Morgan fingerprint density at radius 1 is 0.783 bits per heavy atom. The highest BCUT2D eigenvalue weighted by Crippen LogP contribution is 2.58. The molecule has 0 fully saturated rings. The van der Waals surface area contributed by atoms with E-state index in [0.717, 1.165) is 0 Å². The third-order valence-corrected chi connectivity index (χ3v) is 3.20. The van der Waals surface area contributed by atoms with Crippen LogP contribution in [0.4, 0.5) is 48.3 Å². The molecule has 0 amide bonds. The molecule has 23 heavy (non-hydrogen) atoms. The molecule has 0 aliphatic carbocycles. The summed E-state index contributed by atoms with van der Waals surface area (Å²) in [5, 5.41) is 8.34. The first kappa shape index (κ1) is 22.1. The molecule has 0 bridgehead atoms. The molecule has 140 valence electrons. The zero-order valence-electron chi connectivity index (χ0n) is 10.0. The lowest BCUT2D eigenvalue weighted by Gasteiger charge is -2.37. The van der Waals surface area contributed by atoms with Crippen molar-refractivity contribution in [3.05, 3.63) is 0 Å². The van der Waals surface area contributed by atoms with Crippen LogP contribution in [0.3, 0.4) is 0 Å². The third kappa shape index (κ3) is 3.62. The van der Waals surface area contributed by atoms with E-state index in [9.17, 15) is 61.3 Å². The first-order valence-corrected chi connectivity index (χ1v) is 6.31. The predicted molar refractivity (Wildman–Crippen MR) is 46.2 cm³/mol. The Kier molecular flexibility index (Phi) is 5.36. The van der Waals surface area contributed by atoms with Gasteiger partial charge in [0.15, 0.2) is 0 Å². The summed E-state index contributed by atoms with van der Waals surface area (Å²) in [6, 6.07) is 0. The molecule has 0 rings (SSSR count). The number of rotatable bonds is 6. The van der Waals surface area contributed by atoms with Gasteiger partial charge in [-0.05, 0) is 0 Å². The minimum Gasteiger partial charge on any atom is -0.746 e. The predicted octanol–water partition coefficient (Wildman–Crippen LogP) is 2.34. The number of alkyl halides is 11. The highest BCUT2D eigenvalue weighted by molar-refractivity contribution is 7.86. The van der Waals surface area contributed by atoms with E-state index in [1.807, 2.05) is 0 Å². The smallest absolute Gasteiger partial charge is 0.460 e. The Morgan fingerprint density at radius 2 is 1.13 bits per heavy atom. The number of halogens is 11. The molecule has 0 aliphatic heterocycles. The molecule has 0 aromatic rings. The Balaban J connectivity index is 5.95. The molecule has 0 heterocycles. The van der Waals surface area contributed by atoms with E-state index in [0.29, 0.717) is 0 Å². The monoisotopic (exact) mass is 393 g/mol. The molecule has 0 saturated carbocycles. The molecule has 0 spiro atoms. The van der Waals surface area contributed by atoms with E-state index in [-0.39, 0.29) is 0 Å². The molecule has 1 unspecified atom stereocenters. The molecule has 1 N–H and O–H groups in total. The Morgan fingerprint density at radius 3 is 1.39 bits per heavy atom. The van der Waals surface area contributed by atoms with Crippen LogP contribution in [0.1, 0.15) is 6.42 Å². The van der Waals surface area contributed by atoms with Gasteiger partial charge in [-0.1, -0.05) is 0 Å². The SMILES string of the molecule is O=S(=O)([O-])C(O)CC(F)(F)C(F)(F)C(F)(F)C(F)(F)C(F)(F)F. The summed E-state index contributed by atoms with van der Waals surface area (Å²) in [6.07, 6.45) is -10.7. The van der Waals surface area contributed by atoms with Crippen LogP contribution in [-0.2, 0) is 10.1 Å². The molecule has 0 aromatic carbocycles. The van der Waals surface area contributed by atoms with Gasteiger partial charge in [0.1, 0.15) is 15.6 Å². The third-order valence-electron chi connectivity index (χ3n) is 2.37. The molecule has 0 aromatic heterocycles. The highest BCUT2D eigenvalue weighted by Gasteiger charge is 2.87. The van der Waals surface area contributed by atoms with Gasteiger partial charge in [-0.15, -0.1) is 0 Å². The first-order valence-electron chi connectivity index (χ1n) is 4.83. The number of hydrogen-bond donors (Lipinski definition) is 1. The van der Waals surface area contributed by atoms with Crippen LogP contribution in [-0.4, -0.2) is 53.4 Å². The largest absolute Gasteiger partial charge is 0.746 e. The zero-order chi connectivity index (χ0) is 19.3. The van der Waals surface area contributed by atoms with Crippen molar-refractivity contribution < 1.29 is 66.4 Å². The van der Waals surface area contributed by atoms with E-state index in [1.54, 1.807) is 0 Å². The molecule has 0 radical (unpaired) electrons. The zero-order valence-corrected chi connectivity index (χ0v) is 10.8. The van der Waals surface area contributed by atoms with Crippen molar-refractivity contribution in [3.63, 3.8) is 0 Å². The van der Waals surface area contributed by atoms with Crippen LogP contribution < -0.4 is 0 Å². The second kappa shape index (κ2) is 5.58. The molecular formula is C7H4F11O4S-. The van der Waals surface area contributed by atoms with Crippen molar-refractivity contribution in [1.82, 2.24) is 0 Å². The van der Waals surface area contributed by atoms with E-state index < -0.39 is 51.8 Å². The van der Waals surface area contributed by atoms with Gasteiger partial charge in [0.2, 0.25) is 0 Å². The van der Waals surface area contributed by atoms with E-state index in [1.165, 1.54) is 0 Å². The summed E-state index contributed by atoms with van der Waals surface area (Å²) in [5.41, 5.74) is -3.96. The number of aliphatic hydroxyl groups is 1. The van der Waals surface area contributed by atoms with Crippen molar-refractivity contribution in [2.24, 2.45) is 0 Å². The van der Waals surface area contributed by atoms with Crippen LogP contribution in [0.25, 0.3) is 0 Å². The Labute approximate surface area is 119 Å². The van der Waals surface area contributed by atoms with E-state index in [4.69, 9.17) is 5.11 Å². The van der Waals surface area contributed by atoms with Crippen molar-refractivity contribution in [2.75, 3.05) is 0 Å². The molecule has 0 saturated heterocycles. The van der Waals surface area contributed by atoms with Gasteiger partial charge < -0.3 is 9.66 Å². The summed E-state index contributed by atoms with van der Waals surface area (Å²) in [4.78, 5) is 0. The van der Waals surface area contributed by atoms with Crippen LogP contribution in [0.15, 0.2) is 0 Å². The van der Waals surface area contributed by atoms with Gasteiger partial charge in [0, 0.05) is 0 Å². The van der Waals surface area contributed by atoms with Crippen molar-refractivity contribution >= 4 is 10.1 Å². The van der Waals surface area contributed by atoms with Gasteiger partial charge >= 0.3 is 29.9 Å². The maximum Gasteiger partial charge on any atom is 0.460 e. The lowest BCUT2D eigenvalue weighted by Crippen LogP contribution is -2.66. The molecule has 1 atom stereocenters. The van der Waals surface area contributed by atoms with E-state index in [2.05, 4.69) is 0 Å². The maximum absolute atomic E-state index is 12.9. The molecule has 16 heteroatoms. The molecule has 0 aliphatic rings. The first-order chi connectivity index (χ1) is 9.63. The second-order valence-corrected chi connectivity index (χ2v) is 5.61. The van der Waals surface area contributed by atoms with Gasteiger partial charge in [-0.3, -0.25) is 0 Å². The fraction of sp³-hybridized carbons (Fsp3) is 1.00. The Bertz CT molecular complexity index is 537. The Hall–Kier alpha value is -0.900. The van der Waals surface area contributed by atoms with Crippen molar-refractivity contribution in [1.29, 1.82) is 0 Å². The van der Waals surface area contributed by atoms with Crippen LogP contribution in [0.2, 0.25) is 0 Å². The van der Waals surface area contributed by atoms with Crippen LogP contribution >= 0.6 is 0 Å². The summed E-state index contributed by atoms with van der Waals surface area (Å²) >= 11 is 0. The maximum atomic E-state index is 12.9. The minimum atomic E-state index is -7.73. The van der Waals surface area contributed by atoms with Gasteiger partial charge in [-0.2, -0.15) is 48.3 Å². The quantitative estimate of drug-likeness (QED) is 0.555. The fourth-order valence-electron chi connectivity index (χ4n) is 1.05. The normalized spacial score (nSPS) is 17.3. The topological polar surface area (TPSA) is 77.4 Å². The lowest BCUT2D eigenvalue weighted by atomic mass is 9.96. The average Bonchev–Trinajstić information content (AvgIpc) is 2.24. The fourth-order valence-corrected chi connectivity index (χ4v) is 1.47. The van der Waals surface area contributed by atoms with E-state index >= 15 is 0 Å². The lowest BCUT2D eigenvalue weighted by molar-refractivity contribution is -0.423. The average molecular weight is 393 g/mol. The standard InChI is InChI=1S/C7H5F11O4S/c8-3(9,1-2(19)23(20,21)22)4(10,11)5(12,13)6(14,15)7(16,17)18/h2,19H,1H2,(H,20,21,22)/p-1. The molecule has 4 nitrogen and oxygen atoms in total. The summed E-state index contributed by atoms with van der Waals surface area (Å²) < 4.78 is 167. The van der Waals surface area contributed by atoms with Gasteiger partial charge in [0.25, 0.3) is 0 Å².